The summed E-state index contributed by atoms with van der Waals surface area (Å²) in [5, 5.41) is 8.10. The predicted molar refractivity (Wildman–Crippen MR) is 105 cm³/mol. The minimum Gasteiger partial charge on any atom is -0.385 e. The Kier molecular flexibility index (Phi) is 8.64. The minimum atomic E-state index is 0.501. The number of thiazole rings is 1. The van der Waals surface area contributed by atoms with E-state index in [4.69, 9.17) is 9.73 Å². The maximum atomic E-state index is 5.14. The molecule has 25 heavy (non-hydrogen) atoms. The summed E-state index contributed by atoms with van der Waals surface area (Å²) in [6, 6.07) is 0.501. The Hall–Kier alpha value is -1.18. The molecule has 7 heteroatoms. The van der Waals surface area contributed by atoms with Gasteiger partial charge in [0.1, 0.15) is 0 Å². The summed E-state index contributed by atoms with van der Waals surface area (Å²) in [6.45, 7) is 12.1. The lowest BCUT2D eigenvalue weighted by Gasteiger charge is -2.33. The van der Waals surface area contributed by atoms with Gasteiger partial charge < -0.3 is 20.3 Å². The highest BCUT2D eigenvalue weighted by atomic mass is 32.1. The topological polar surface area (TPSA) is 61.8 Å². The van der Waals surface area contributed by atoms with Crippen molar-refractivity contribution >= 4 is 17.3 Å². The van der Waals surface area contributed by atoms with Crippen LogP contribution in [0.5, 0.6) is 0 Å². The second-order valence-corrected chi connectivity index (χ2v) is 7.83. The normalized spacial score (nSPS) is 17.0. The number of piperidine rings is 1. The van der Waals surface area contributed by atoms with Crippen molar-refractivity contribution in [2.45, 2.75) is 52.6 Å². The highest BCUT2D eigenvalue weighted by Gasteiger charge is 2.19. The van der Waals surface area contributed by atoms with E-state index in [-0.39, 0.29) is 0 Å². The van der Waals surface area contributed by atoms with E-state index in [2.05, 4.69) is 41.3 Å². The molecule has 1 fully saturated rings. The van der Waals surface area contributed by atoms with Crippen LogP contribution < -0.4 is 10.6 Å². The molecule has 0 amide bonds. The van der Waals surface area contributed by atoms with Crippen LogP contribution in [0.1, 0.15) is 41.8 Å². The van der Waals surface area contributed by atoms with E-state index in [0.29, 0.717) is 12.6 Å². The summed E-state index contributed by atoms with van der Waals surface area (Å²) in [5.74, 6) is 0.922. The predicted octanol–water partition coefficient (Wildman–Crippen LogP) is 2.32. The lowest BCUT2D eigenvalue weighted by Crippen LogP contribution is -2.48. The van der Waals surface area contributed by atoms with Crippen LogP contribution in [0.25, 0.3) is 0 Å². The van der Waals surface area contributed by atoms with Crippen molar-refractivity contribution in [1.82, 2.24) is 20.5 Å². The van der Waals surface area contributed by atoms with Crippen molar-refractivity contribution in [3.8, 4) is 0 Å². The van der Waals surface area contributed by atoms with Crippen molar-refractivity contribution in [3.63, 3.8) is 0 Å². The molecule has 0 unspecified atom stereocenters. The number of ether oxygens (including phenoxy) is 1. The molecular weight excluding hydrogens is 334 g/mol. The van der Waals surface area contributed by atoms with Gasteiger partial charge in [0.25, 0.3) is 0 Å². The maximum Gasteiger partial charge on any atom is 0.191 e. The average molecular weight is 368 g/mol. The zero-order chi connectivity index (χ0) is 18.1. The van der Waals surface area contributed by atoms with Crippen LogP contribution in [-0.2, 0) is 11.3 Å². The van der Waals surface area contributed by atoms with Gasteiger partial charge in [-0.15, -0.1) is 11.3 Å². The van der Waals surface area contributed by atoms with Crippen LogP contribution in [-0.4, -0.2) is 61.8 Å². The van der Waals surface area contributed by atoms with Crippen LogP contribution in [0, 0.1) is 13.8 Å². The Labute approximate surface area is 156 Å². The van der Waals surface area contributed by atoms with Gasteiger partial charge in [0, 0.05) is 50.8 Å². The monoisotopic (exact) mass is 367 g/mol. The first kappa shape index (κ1) is 20.1. The molecule has 2 N–H and O–H groups in total. The molecular formula is C18H33N5OS. The molecule has 0 aliphatic carbocycles. The van der Waals surface area contributed by atoms with Crippen LogP contribution in [0.3, 0.4) is 0 Å². The van der Waals surface area contributed by atoms with Gasteiger partial charge in [-0.05, 0) is 40.0 Å². The van der Waals surface area contributed by atoms with E-state index in [0.717, 1.165) is 68.7 Å². The first-order valence-electron chi connectivity index (χ1n) is 9.31. The first-order valence-corrected chi connectivity index (χ1v) is 10.1. The maximum absolute atomic E-state index is 5.14. The third kappa shape index (κ3) is 6.92. The van der Waals surface area contributed by atoms with Gasteiger partial charge in [0.15, 0.2) is 5.96 Å². The zero-order valence-corrected chi connectivity index (χ0v) is 16.9. The number of aliphatic imine (C=N–C) groups is 1. The number of nitrogens with one attached hydrogen (secondary N) is 2. The summed E-state index contributed by atoms with van der Waals surface area (Å²) in [5.41, 5.74) is 1.10. The number of aromatic nitrogens is 1. The second-order valence-electron chi connectivity index (χ2n) is 6.54. The number of methoxy groups -OCH3 is 1. The third-order valence-corrected chi connectivity index (χ3v) is 5.53. The van der Waals surface area contributed by atoms with Crippen LogP contribution >= 0.6 is 11.3 Å². The molecule has 0 atom stereocenters. The van der Waals surface area contributed by atoms with Crippen LogP contribution in [0.2, 0.25) is 0 Å². The lowest BCUT2D eigenvalue weighted by molar-refractivity contribution is 0.155. The van der Waals surface area contributed by atoms with Gasteiger partial charge in [0.2, 0.25) is 0 Å². The molecule has 0 spiro atoms. The van der Waals surface area contributed by atoms with Crippen LogP contribution in [0.15, 0.2) is 4.99 Å². The summed E-state index contributed by atoms with van der Waals surface area (Å²) in [7, 11) is 1.77. The Bertz CT molecular complexity index is 538. The number of guanidine groups is 1. The Morgan fingerprint density at radius 3 is 2.72 bits per heavy atom. The van der Waals surface area contributed by atoms with Crippen molar-refractivity contribution in [2.24, 2.45) is 4.99 Å². The molecule has 2 rings (SSSR count). The van der Waals surface area contributed by atoms with Gasteiger partial charge in [-0.2, -0.15) is 0 Å². The molecule has 0 saturated carbocycles. The van der Waals surface area contributed by atoms with Crippen LogP contribution in [0.4, 0.5) is 0 Å². The van der Waals surface area contributed by atoms with Crippen molar-refractivity contribution in [3.05, 3.63) is 15.6 Å². The fraction of sp³-hybridized carbons (Fsp3) is 0.778. The Morgan fingerprint density at radius 2 is 2.12 bits per heavy atom. The first-order chi connectivity index (χ1) is 12.1. The number of likely N-dealkylation sites (tertiary alicyclic amines) is 1. The molecule has 1 aromatic heterocycles. The minimum absolute atomic E-state index is 0.501. The van der Waals surface area contributed by atoms with Gasteiger partial charge >= 0.3 is 0 Å². The highest BCUT2D eigenvalue weighted by molar-refractivity contribution is 7.11. The van der Waals surface area contributed by atoms with E-state index in [1.54, 1.807) is 18.4 Å². The van der Waals surface area contributed by atoms with Gasteiger partial charge in [0.05, 0.1) is 17.2 Å². The smallest absolute Gasteiger partial charge is 0.191 e. The summed E-state index contributed by atoms with van der Waals surface area (Å²) in [4.78, 5) is 13.0. The fourth-order valence-electron chi connectivity index (χ4n) is 3.12. The molecule has 6 nitrogen and oxygen atoms in total. The van der Waals surface area contributed by atoms with Gasteiger partial charge in [-0.25, -0.2) is 9.98 Å². The molecule has 0 aromatic carbocycles. The molecule has 2 heterocycles. The highest BCUT2D eigenvalue weighted by Crippen LogP contribution is 2.18. The van der Waals surface area contributed by atoms with Crippen molar-refractivity contribution in [2.75, 3.05) is 39.9 Å². The fourth-order valence-corrected chi connectivity index (χ4v) is 3.98. The lowest BCUT2D eigenvalue weighted by atomic mass is 10.1. The molecule has 1 aliphatic heterocycles. The number of nitrogens with zero attached hydrogens (tertiary/aromatic N) is 3. The SMILES string of the molecule is CCNC(=NCc1sc(C)nc1C)NC1CCN(CCCOC)CC1. The summed E-state index contributed by atoms with van der Waals surface area (Å²) < 4.78 is 5.14. The zero-order valence-electron chi connectivity index (χ0n) is 16.1. The van der Waals surface area contributed by atoms with E-state index in [1.807, 2.05) is 0 Å². The average Bonchev–Trinajstić information content (AvgIpc) is 2.92. The summed E-state index contributed by atoms with van der Waals surface area (Å²) in [6.07, 6.45) is 3.44. The van der Waals surface area contributed by atoms with Gasteiger partial charge in [-0.1, -0.05) is 0 Å². The number of hydrogen-bond acceptors (Lipinski definition) is 5. The molecule has 1 aliphatic rings. The number of aryl methyl sites for hydroxylation is 2. The molecule has 142 valence electrons. The summed E-state index contributed by atoms with van der Waals surface area (Å²) >= 11 is 1.74. The number of hydrogen-bond donors (Lipinski definition) is 2. The number of rotatable bonds is 8. The van der Waals surface area contributed by atoms with E-state index in [1.165, 1.54) is 4.88 Å². The molecule has 1 aromatic rings. The van der Waals surface area contributed by atoms with Gasteiger partial charge in [-0.3, -0.25) is 0 Å². The largest absolute Gasteiger partial charge is 0.385 e. The quantitative estimate of drug-likeness (QED) is 0.419. The van der Waals surface area contributed by atoms with Crippen molar-refractivity contribution in [1.29, 1.82) is 0 Å². The Morgan fingerprint density at radius 1 is 1.36 bits per heavy atom. The molecule has 0 radical (unpaired) electrons. The van der Waals surface area contributed by atoms with Crippen molar-refractivity contribution < 1.29 is 4.74 Å². The van der Waals surface area contributed by atoms with E-state index in [9.17, 15) is 0 Å². The Balaban J connectivity index is 1.81. The second kappa shape index (κ2) is 10.7. The van der Waals surface area contributed by atoms with E-state index < -0.39 is 0 Å². The molecule has 0 bridgehead atoms. The molecule has 1 saturated heterocycles. The third-order valence-electron chi connectivity index (χ3n) is 4.48. The van der Waals surface area contributed by atoms with E-state index >= 15 is 0 Å². The standard InChI is InChI=1S/C18H33N5OS/c1-5-19-18(20-13-17-14(2)21-15(3)25-17)22-16-7-10-23(11-8-16)9-6-12-24-4/h16H,5-13H2,1-4H3,(H2,19,20,22).